The first-order chi connectivity index (χ1) is 13.6. The lowest BCUT2D eigenvalue weighted by Crippen LogP contribution is -2.30. The molecule has 1 N–H and O–H groups in total. The van der Waals surface area contributed by atoms with Gasteiger partial charge in [-0.1, -0.05) is 35.0 Å². The van der Waals surface area contributed by atoms with Gasteiger partial charge in [0.2, 0.25) is 5.82 Å². The molecule has 0 atom stereocenters. The van der Waals surface area contributed by atoms with Crippen LogP contribution in [0.4, 0.5) is 0 Å². The molecule has 3 aromatic heterocycles. The molecule has 0 fully saturated rings. The van der Waals surface area contributed by atoms with Gasteiger partial charge >= 0.3 is 5.97 Å². The zero-order valence-corrected chi connectivity index (χ0v) is 16.6. The van der Waals surface area contributed by atoms with E-state index in [1.165, 1.54) is 22.7 Å². The second kappa shape index (κ2) is 8.09. The minimum absolute atomic E-state index is 0.147. The van der Waals surface area contributed by atoms with E-state index >= 15 is 0 Å². The van der Waals surface area contributed by atoms with Gasteiger partial charge in [-0.05, 0) is 17.5 Å². The number of hydrogen-bond donors (Lipinski definition) is 1. The van der Waals surface area contributed by atoms with Gasteiger partial charge in [0.15, 0.2) is 6.61 Å². The van der Waals surface area contributed by atoms with E-state index in [1.807, 2.05) is 41.1 Å². The number of nitrogens with one attached hydrogen (secondary N) is 1. The molecule has 142 valence electrons. The normalized spacial score (nSPS) is 10.9. The first-order valence-electron chi connectivity index (χ1n) is 8.08. The summed E-state index contributed by atoms with van der Waals surface area (Å²) in [6, 6.07) is 9.29. The predicted octanol–water partition coefficient (Wildman–Crippen LogP) is 4.14. The third kappa shape index (κ3) is 3.91. The van der Waals surface area contributed by atoms with Gasteiger partial charge in [0.1, 0.15) is 11.4 Å². The molecule has 0 radical (unpaired) electrons. The number of amides is 1. The van der Waals surface area contributed by atoms with Crippen molar-refractivity contribution in [1.82, 2.24) is 15.5 Å². The van der Waals surface area contributed by atoms with Crippen molar-refractivity contribution < 1.29 is 18.8 Å². The summed E-state index contributed by atoms with van der Waals surface area (Å²) in [4.78, 5) is 28.7. The molecule has 1 amide bonds. The number of carbonyl (C=O) groups is 2. The fourth-order valence-electron chi connectivity index (χ4n) is 2.40. The molecule has 0 saturated carbocycles. The fraction of sp³-hybridized carbons (Fsp3) is 0.111. The van der Waals surface area contributed by atoms with E-state index < -0.39 is 11.9 Å². The minimum atomic E-state index is -0.618. The Bertz CT molecular complexity index is 1140. The van der Waals surface area contributed by atoms with E-state index in [9.17, 15) is 9.59 Å². The Balaban J connectivity index is 1.30. The number of thiophene rings is 2. The Labute approximate surface area is 171 Å². The number of benzene rings is 1. The number of fused-ring (bicyclic) bond motifs is 1. The van der Waals surface area contributed by atoms with E-state index in [1.54, 1.807) is 0 Å². The molecule has 0 aliphatic heterocycles. The monoisotopic (exact) mass is 433 g/mol. The van der Waals surface area contributed by atoms with Crippen LogP contribution in [-0.4, -0.2) is 28.6 Å². The number of aromatic nitrogens is 2. The van der Waals surface area contributed by atoms with Crippen LogP contribution in [0.5, 0.6) is 0 Å². The van der Waals surface area contributed by atoms with Crippen LogP contribution >= 0.6 is 34.3 Å². The van der Waals surface area contributed by atoms with Gasteiger partial charge in [0.05, 0.1) is 10.6 Å². The van der Waals surface area contributed by atoms with Crippen LogP contribution in [-0.2, 0) is 16.1 Å². The molecule has 10 heteroatoms. The summed E-state index contributed by atoms with van der Waals surface area (Å²) < 4.78 is 11.1. The maximum Gasteiger partial charge on any atom is 0.325 e. The maximum atomic E-state index is 12.3. The molecule has 7 nitrogen and oxygen atoms in total. The van der Waals surface area contributed by atoms with Crippen LogP contribution in [0, 0.1) is 0 Å². The topological polar surface area (TPSA) is 94.3 Å². The van der Waals surface area contributed by atoms with Crippen LogP contribution in [0.15, 0.2) is 45.6 Å². The van der Waals surface area contributed by atoms with Crippen LogP contribution < -0.4 is 5.32 Å². The molecule has 1 aromatic carbocycles. The lowest BCUT2D eigenvalue weighted by atomic mass is 10.2. The van der Waals surface area contributed by atoms with Crippen LogP contribution in [0.2, 0.25) is 5.02 Å². The van der Waals surface area contributed by atoms with Gasteiger partial charge in [-0.15, -0.1) is 11.3 Å². The standard InChI is InChI=1S/C18H12ClN3O4S2/c19-15-11-3-1-2-4-12(11)28-16(15)17(24)20-7-14(23)25-8-13-21-18(26-22-13)10-5-6-27-9-10/h1-6,9H,7-8H2,(H,20,24). The highest BCUT2D eigenvalue weighted by Gasteiger charge is 2.18. The predicted molar refractivity (Wildman–Crippen MR) is 107 cm³/mol. The summed E-state index contributed by atoms with van der Waals surface area (Å²) in [5.74, 6) is -0.441. The van der Waals surface area contributed by atoms with Gasteiger partial charge in [0, 0.05) is 15.5 Å². The van der Waals surface area contributed by atoms with Gasteiger partial charge in [-0.2, -0.15) is 16.3 Å². The zero-order valence-electron chi connectivity index (χ0n) is 14.2. The number of esters is 1. The number of nitrogens with zero attached hydrogens (tertiary/aromatic N) is 2. The smallest absolute Gasteiger partial charge is 0.325 e. The van der Waals surface area contributed by atoms with E-state index in [2.05, 4.69) is 15.5 Å². The molecule has 28 heavy (non-hydrogen) atoms. The minimum Gasteiger partial charge on any atom is -0.456 e. The Kier molecular flexibility index (Phi) is 5.38. The van der Waals surface area contributed by atoms with Crippen molar-refractivity contribution >= 4 is 56.2 Å². The SMILES string of the molecule is O=C(CNC(=O)c1sc2ccccc2c1Cl)OCc1noc(-c2ccsc2)n1. The lowest BCUT2D eigenvalue weighted by Gasteiger charge is -2.04. The molecule has 0 aliphatic rings. The Morgan fingerprint density at radius 3 is 2.89 bits per heavy atom. The summed E-state index contributed by atoms with van der Waals surface area (Å²) in [6.45, 7) is -0.440. The van der Waals surface area contributed by atoms with E-state index in [0.29, 0.717) is 15.8 Å². The molecule has 0 unspecified atom stereocenters. The largest absolute Gasteiger partial charge is 0.456 e. The fourth-order valence-corrected chi connectivity index (χ4v) is 4.47. The molecule has 0 spiro atoms. The Morgan fingerprint density at radius 2 is 2.11 bits per heavy atom. The first kappa shape index (κ1) is 18.6. The van der Waals surface area contributed by atoms with E-state index in [-0.39, 0.29) is 19.0 Å². The quantitative estimate of drug-likeness (QED) is 0.459. The summed E-state index contributed by atoms with van der Waals surface area (Å²) in [5, 5.41) is 11.2. The van der Waals surface area contributed by atoms with Gasteiger partial charge in [-0.25, -0.2) is 0 Å². The average Bonchev–Trinajstić information content (AvgIpc) is 3.45. The number of ether oxygens (including phenoxy) is 1. The molecule has 0 aliphatic carbocycles. The van der Waals surface area contributed by atoms with Crippen LogP contribution in [0.25, 0.3) is 21.5 Å². The summed E-state index contributed by atoms with van der Waals surface area (Å²) in [7, 11) is 0. The number of hydrogen-bond acceptors (Lipinski definition) is 8. The van der Waals surface area contributed by atoms with E-state index in [4.69, 9.17) is 20.9 Å². The highest BCUT2D eigenvalue weighted by Crippen LogP contribution is 2.34. The number of halogens is 1. The molecule has 4 aromatic rings. The van der Waals surface area contributed by atoms with Crippen molar-refractivity contribution in [1.29, 1.82) is 0 Å². The van der Waals surface area contributed by atoms with Crippen molar-refractivity contribution in [2.75, 3.05) is 6.54 Å². The van der Waals surface area contributed by atoms with Crippen molar-refractivity contribution in [2.24, 2.45) is 0 Å². The van der Waals surface area contributed by atoms with Crippen molar-refractivity contribution in [3.63, 3.8) is 0 Å². The van der Waals surface area contributed by atoms with Gasteiger partial charge < -0.3 is 14.6 Å². The third-order valence-corrected chi connectivity index (χ3v) is 6.09. The summed E-state index contributed by atoms with van der Waals surface area (Å²) in [5.41, 5.74) is 0.808. The van der Waals surface area contributed by atoms with Crippen molar-refractivity contribution in [3.8, 4) is 11.5 Å². The highest BCUT2D eigenvalue weighted by molar-refractivity contribution is 7.21. The molecular formula is C18H12ClN3O4S2. The van der Waals surface area contributed by atoms with Crippen molar-refractivity contribution in [2.45, 2.75) is 6.61 Å². The van der Waals surface area contributed by atoms with E-state index in [0.717, 1.165) is 15.6 Å². The maximum absolute atomic E-state index is 12.3. The number of carbonyl (C=O) groups excluding carboxylic acids is 2. The molecule has 4 rings (SSSR count). The summed E-state index contributed by atoms with van der Waals surface area (Å²) >= 11 is 9.04. The third-order valence-electron chi connectivity index (χ3n) is 3.73. The Morgan fingerprint density at radius 1 is 1.25 bits per heavy atom. The van der Waals surface area contributed by atoms with Crippen molar-refractivity contribution in [3.05, 3.63) is 56.8 Å². The summed E-state index contributed by atoms with van der Waals surface area (Å²) in [6.07, 6.45) is 0. The molecule has 3 heterocycles. The van der Waals surface area contributed by atoms with Crippen LogP contribution in [0.1, 0.15) is 15.5 Å². The zero-order chi connectivity index (χ0) is 19.5. The Hall–Kier alpha value is -2.75. The first-order valence-corrected chi connectivity index (χ1v) is 10.2. The molecule has 0 saturated heterocycles. The highest BCUT2D eigenvalue weighted by atomic mass is 35.5. The lowest BCUT2D eigenvalue weighted by molar-refractivity contribution is -0.143. The van der Waals surface area contributed by atoms with Gasteiger partial charge in [-0.3, -0.25) is 9.59 Å². The molecule has 0 bridgehead atoms. The average molecular weight is 434 g/mol. The second-order valence-corrected chi connectivity index (χ2v) is 7.82. The second-order valence-electron chi connectivity index (χ2n) is 5.61. The van der Waals surface area contributed by atoms with Gasteiger partial charge in [0.25, 0.3) is 11.8 Å². The van der Waals surface area contributed by atoms with Crippen LogP contribution in [0.3, 0.4) is 0 Å². The molecular weight excluding hydrogens is 422 g/mol. The number of rotatable bonds is 6.